The zero-order valence-electron chi connectivity index (χ0n) is 20.2. The second-order valence-corrected chi connectivity index (χ2v) is 10.1. The van der Waals surface area contributed by atoms with Gasteiger partial charge in [-0.1, -0.05) is 0 Å². The summed E-state index contributed by atoms with van der Waals surface area (Å²) >= 11 is 0. The first kappa shape index (κ1) is 28.3. The van der Waals surface area contributed by atoms with Gasteiger partial charge < -0.3 is 29.3 Å². The number of hydrogen-bond acceptors (Lipinski definition) is 12. The first-order valence-corrected chi connectivity index (χ1v) is 12.9. The SMILES string of the molecule is COC1C(OP(=O)(O)OCC2OC(n3cc(C)c(=O)[nH]c3=O)CC2O)C(CO)OC1n1ccc(=O)[nH]c1=O. The number of nitrogens with one attached hydrogen (secondary N) is 2. The molecule has 0 saturated carbocycles. The lowest BCUT2D eigenvalue weighted by atomic mass is 10.1. The van der Waals surface area contributed by atoms with Crippen LogP contribution in [0.5, 0.6) is 0 Å². The first-order chi connectivity index (χ1) is 17.9. The molecule has 0 amide bonds. The number of phosphoric ester groups is 1. The quantitative estimate of drug-likeness (QED) is 0.198. The largest absolute Gasteiger partial charge is 0.472 e. The van der Waals surface area contributed by atoms with Crippen LogP contribution >= 0.6 is 7.82 Å². The molecule has 5 N–H and O–H groups in total. The Kier molecular flexibility index (Phi) is 8.32. The van der Waals surface area contributed by atoms with Crippen LogP contribution in [0.3, 0.4) is 0 Å². The Hall–Kier alpha value is -2.73. The number of H-pyrrole nitrogens is 2. The maximum Gasteiger partial charge on any atom is 0.472 e. The number of aliphatic hydroxyl groups is 2. The van der Waals surface area contributed by atoms with Gasteiger partial charge >= 0.3 is 19.2 Å². The topological polar surface area (TPSA) is 234 Å². The third-order valence-electron chi connectivity index (χ3n) is 6.18. The number of phosphoric acid groups is 1. The van der Waals surface area contributed by atoms with Gasteiger partial charge in [0.1, 0.15) is 30.6 Å². The molecule has 2 aliphatic rings. The zero-order valence-corrected chi connectivity index (χ0v) is 21.1. The number of nitrogens with zero attached hydrogens (tertiary/aromatic N) is 2. The van der Waals surface area contributed by atoms with Crippen molar-refractivity contribution < 1.29 is 42.9 Å². The van der Waals surface area contributed by atoms with E-state index in [4.69, 9.17) is 23.3 Å². The monoisotopic (exact) mass is 562 g/mol. The molecular weight excluding hydrogens is 535 g/mol. The van der Waals surface area contributed by atoms with E-state index in [1.165, 1.54) is 20.2 Å². The molecule has 0 aliphatic carbocycles. The van der Waals surface area contributed by atoms with Gasteiger partial charge in [-0.25, -0.2) is 14.2 Å². The Morgan fingerprint density at radius 2 is 1.82 bits per heavy atom. The number of aryl methyl sites for hydroxylation is 1. The second kappa shape index (κ2) is 11.2. The number of ether oxygens (including phenoxy) is 3. The molecule has 17 nitrogen and oxygen atoms in total. The van der Waals surface area contributed by atoms with Gasteiger partial charge in [-0.15, -0.1) is 0 Å². The number of hydrogen-bond donors (Lipinski definition) is 5. The van der Waals surface area contributed by atoms with Crippen molar-refractivity contribution in [3.8, 4) is 0 Å². The number of aromatic amines is 2. The predicted molar refractivity (Wildman–Crippen MR) is 124 cm³/mol. The standard InChI is InChI=1S/C20H27N4O13P/c1-9-6-24(20(30)22-17(9)28)14-5-10(26)12(35-14)8-34-38(31,32)37-15-11(7-25)36-18(16(15)33-2)23-4-3-13(27)21-19(23)29/h3-4,6,10-12,14-16,18,25-26H,5,7-8H2,1-2H3,(H,31,32)(H,21,27,29)(H,22,28,30). The second-order valence-electron chi connectivity index (χ2n) is 8.71. The van der Waals surface area contributed by atoms with Crippen molar-refractivity contribution in [2.75, 3.05) is 20.3 Å². The van der Waals surface area contributed by atoms with Gasteiger partial charge in [0.25, 0.3) is 11.1 Å². The van der Waals surface area contributed by atoms with E-state index in [0.29, 0.717) is 0 Å². The maximum atomic E-state index is 12.8. The summed E-state index contributed by atoms with van der Waals surface area (Å²) in [5, 5.41) is 20.1. The highest BCUT2D eigenvalue weighted by Crippen LogP contribution is 2.49. The molecule has 210 valence electrons. The fraction of sp³-hybridized carbons (Fsp3) is 0.600. The Balaban J connectivity index is 1.44. The van der Waals surface area contributed by atoms with Gasteiger partial charge in [-0.05, 0) is 6.92 Å². The van der Waals surface area contributed by atoms with Crippen LogP contribution in [0.1, 0.15) is 24.4 Å². The van der Waals surface area contributed by atoms with Crippen molar-refractivity contribution in [3.05, 3.63) is 65.7 Å². The minimum Gasteiger partial charge on any atom is -0.394 e. The van der Waals surface area contributed by atoms with Crippen LogP contribution in [0.2, 0.25) is 0 Å². The lowest BCUT2D eigenvalue weighted by molar-refractivity contribution is -0.0625. The van der Waals surface area contributed by atoms with Crippen molar-refractivity contribution in [1.82, 2.24) is 19.1 Å². The molecule has 4 heterocycles. The van der Waals surface area contributed by atoms with Crippen molar-refractivity contribution in [2.24, 2.45) is 0 Å². The maximum absolute atomic E-state index is 12.8. The van der Waals surface area contributed by atoms with Crippen LogP contribution in [0, 0.1) is 6.92 Å². The van der Waals surface area contributed by atoms with E-state index in [-0.39, 0.29) is 12.0 Å². The lowest BCUT2D eigenvalue weighted by Gasteiger charge is -2.25. The number of rotatable bonds is 9. The number of methoxy groups -OCH3 is 1. The normalized spacial score (nSPS) is 30.9. The van der Waals surface area contributed by atoms with Gasteiger partial charge in [0, 0.05) is 37.6 Å². The van der Waals surface area contributed by atoms with Crippen molar-refractivity contribution in [2.45, 2.75) is 56.3 Å². The van der Waals surface area contributed by atoms with Crippen LogP contribution in [0.25, 0.3) is 0 Å². The Bertz CT molecular complexity index is 1430. The van der Waals surface area contributed by atoms with Gasteiger partial charge in [0.05, 0.1) is 19.3 Å². The number of aromatic nitrogens is 4. The van der Waals surface area contributed by atoms with E-state index in [1.807, 2.05) is 4.98 Å². The molecule has 38 heavy (non-hydrogen) atoms. The molecule has 0 aromatic carbocycles. The molecule has 0 bridgehead atoms. The van der Waals surface area contributed by atoms with Crippen LogP contribution in [-0.2, 0) is 27.8 Å². The molecule has 2 fully saturated rings. The Morgan fingerprint density at radius 1 is 1.11 bits per heavy atom. The molecule has 18 heteroatoms. The summed E-state index contributed by atoms with van der Waals surface area (Å²) in [7, 11) is -3.68. The summed E-state index contributed by atoms with van der Waals surface area (Å²) in [5.74, 6) is 0. The lowest BCUT2D eigenvalue weighted by Crippen LogP contribution is -2.40. The Morgan fingerprint density at radius 3 is 2.47 bits per heavy atom. The van der Waals surface area contributed by atoms with Gasteiger partial charge in [-0.2, -0.15) is 0 Å². The summed E-state index contributed by atoms with van der Waals surface area (Å²) < 4.78 is 41.6. The van der Waals surface area contributed by atoms with Gasteiger partial charge in [-0.3, -0.25) is 37.7 Å². The molecule has 2 aromatic heterocycles. The molecule has 2 saturated heterocycles. The van der Waals surface area contributed by atoms with Crippen molar-refractivity contribution in [3.63, 3.8) is 0 Å². The van der Waals surface area contributed by atoms with Crippen molar-refractivity contribution in [1.29, 1.82) is 0 Å². The van der Waals surface area contributed by atoms with Gasteiger partial charge in [0.2, 0.25) is 0 Å². The van der Waals surface area contributed by atoms with E-state index in [1.54, 1.807) is 0 Å². The van der Waals surface area contributed by atoms with Crippen LogP contribution in [-0.4, -0.2) is 85.1 Å². The average molecular weight is 562 g/mol. The highest BCUT2D eigenvalue weighted by atomic mass is 31.2. The minimum absolute atomic E-state index is 0.0690. The molecule has 4 rings (SSSR count). The molecular formula is C20H27N4O13P. The highest BCUT2D eigenvalue weighted by Gasteiger charge is 2.50. The summed E-state index contributed by atoms with van der Waals surface area (Å²) in [6, 6.07) is 1.06. The molecule has 0 spiro atoms. The third kappa shape index (κ3) is 5.80. The summed E-state index contributed by atoms with van der Waals surface area (Å²) in [4.78, 5) is 61.8. The predicted octanol–water partition coefficient (Wildman–Crippen LogP) is -2.55. The average Bonchev–Trinajstić information content (AvgIpc) is 3.39. The fourth-order valence-corrected chi connectivity index (χ4v) is 5.23. The van der Waals surface area contributed by atoms with E-state index in [9.17, 15) is 38.8 Å². The molecule has 2 aliphatic heterocycles. The minimum atomic E-state index is -4.90. The molecule has 8 unspecified atom stereocenters. The van der Waals surface area contributed by atoms with Crippen LogP contribution in [0.15, 0.2) is 37.6 Å². The van der Waals surface area contributed by atoms with E-state index in [0.717, 1.165) is 21.4 Å². The van der Waals surface area contributed by atoms with Gasteiger partial charge in [0.15, 0.2) is 6.23 Å². The smallest absolute Gasteiger partial charge is 0.394 e. The summed E-state index contributed by atoms with van der Waals surface area (Å²) in [6.45, 7) is 0.177. The Labute approximate surface area is 212 Å². The highest BCUT2D eigenvalue weighted by molar-refractivity contribution is 7.47. The van der Waals surface area contributed by atoms with Crippen LogP contribution in [0.4, 0.5) is 0 Å². The summed E-state index contributed by atoms with van der Waals surface area (Å²) in [6.07, 6.45) is -6.00. The molecule has 2 aromatic rings. The third-order valence-corrected chi connectivity index (χ3v) is 7.17. The van der Waals surface area contributed by atoms with E-state index >= 15 is 0 Å². The zero-order chi connectivity index (χ0) is 27.8. The van der Waals surface area contributed by atoms with Crippen molar-refractivity contribution >= 4 is 7.82 Å². The fourth-order valence-electron chi connectivity index (χ4n) is 4.27. The van der Waals surface area contributed by atoms with E-state index in [2.05, 4.69) is 4.98 Å². The van der Waals surface area contributed by atoms with Crippen LogP contribution < -0.4 is 22.5 Å². The van der Waals surface area contributed by atoms with E-state index < -0.39 is 86.5 Å². The number of aliphatic hydroxyl groups excluding tert-OH is 2. The summed E-state index contributed by atoms with van der Waals surface area (Å²) in [5.41, 5.74) is -2.58. The molecule has 0 radical (unpaired) electrons. The molecule has 8 atom stereocenters. The first-order valence-electron chi connectivity index (χ1n) is 11.4.